The van der Waals surface area contributed by atoms with Crippen molar-refractivity contribution in [2.24, 2.45) is 0 Å². The summed E-state index contributed by atoms with van der Waals surface area (Å²) in [6.07, 6.45) is 10.3. The summed E-state index contributed by atoms with van der Waals surface area (Å²) < 4.78 is 11.7. The number of benzene rings is 1. The molecule has 130 valence electrons. The van der Waals surface area contributed by atoms with Gasteiger partial charge >= 0.3 is 0 Å². The fourth-order valence-corrected chi connectivity index (χ4v) is 4.22. The monoisotopic (exact) mass is 327 g/mol. The van der Waals surface area contributed by atoms with Gasteiger partial charge in [0.1, 0.15) is 0 Å². The minimum Gasteiger partial charge on any atom is -0.353 e. The molecule has 1 aliphatic carbocycles. The number of ether oxygens (including phenoxy) is 2. The van der Waals surface area contributed by atoms with Gasteiger partial charge in [0, 0.05) is 24.5 Å². The van der Waals surface area contributed by atoms with Crippen LogP contribution in [0.2, 0.25) is 0 Å². The van der Waals surface area contributed by atoms with Gasteiger partial charge in [0.15, 0.2) is 6.29 Å². The van der Waals surface area contributed by atoms with Crippen LogP contribution >= 0.6 is 0 Å². The average Bonchev–Trinajstić information content (AvgIpc) is 3.34. The van der Waals surface area contributed by atoms with Crippen LogP contribution in [0.4, 0.5) is 0 Å². The molecule has 3 nitrogen and oxygen atoms in total. The summed E-state index contributed by atoms with van der Waals surface area (Å²) in [4.78, 5) is 0. The Morgan fingerprint density at radius 1 is 1.29 bits per heavy atom. The number of hydrogen-bond acceptors (Lipinski definition) is 3. The molecule has 4 rings (SSSR count). The van der Waals surface area contributed by atoms with Crippen LogP contribution in [0, 0.1) is 6.92 Å². The largest absolute Gasteiger partial charge is 0.353 e. The van der Waals surface area contributed by atoms with Gasteiger partial charge in [-0.25, -0.2) is 0 Å². The Bertz CT molecular complexity index is 592. The summed E-state index contributed by atoms with van der Waals surface area (Å²) in [5.41, 5.74) is 4.58. The maximum Gasteiger partial charge on any atom is 0.157 e. The zero-order valence-electron chi connectivity index (χ0n) is 14.7. The van der Waals surface area contributed by atoms with Crippen LogP contribution in [-0.2, 0) is 14.9 Å². The summed E-state index contributed by atoms with van der Waals surface area (Å²) in [6, 6.07) is 7.10. The lowest BCUT2D eigenvalue weighted by Crippen LogP contribution is -2.32. The summed E-state index contributed by atoms with van der Waals surface area (Å²) in [6.45, 7) is 6.05. The molecule has 0 spiro atoms. The highest BCUT2D eigenvalue weighted by atomic mass is 16.7. The van der Waals surface area contributed by atoms with Crippen molar-refractivity contribution in [2.45, 2.75) is 56.7 Å². The number of nitrogens with one attached hydrogen (secondary N) is 1. The third-order valence-electron chi connectivity index (χ3n) is 5.89. The lowest BCUT2D eigenvalue weighted by molar-refractivity contribution is -0.164. The second kappa shape index (κ2) is 6.99. The molecule has 0 bridgehead atoms. The lowest BCUT2D eigenvalue weighted by Gasteiger charge is -2.31. The second-order valence-electron chi connectivity index (χ2n) is 7.61. The molecule has 1 aromatic carbocycles. The molecule has 1 N–H and O–H groups in total. The minimum atomic E-state index is 0.0233. The normalized spacial score (nSPS) is 30.0. The van der Waals surface area contributed by atoms with Crippen LogP contribution < -0.4 is 5.32 Å². The molecule has 1 aromatic rings. The first-order valence-corrected chi connectivity index (χ1v) is 9.50. The molecule has 2 saturated heterocycles. The van der Waals surface area contributed by atoms with Crippen LogP contribution in [-0.4, -0.2) is 32.6 Å². The zero-order valence-corrected chi connectivity index (χ0v) is 14.7. The molecule has 2 unspecified atom stereocenters. The first-order valence-electron chi connectivity index (χ1n) is 9.50. The van der Waals surface area contributed by atoms with Gasteiger partial charge in [0.2, 0.25) is 0 Å². The molecular formula is C21H29NO2. The van der Waals surface area contributed by atoms with Crippen LogP contribution in [0.15, 0.2) is 30.4 Å². The number of hydrogen-bond donors (Lipinski definition) is 1. The van der Waals surface area contributed by atoms with E-state index >= 15 is 0 Å². The average molecular weight is 327 g/mol. The molecule has 0 radical (unpaired) electrons. The fraction of sp³-hybridized carbons (Fsp3) is 0.619. The highest BCUT2D eigenvalue weighted by molar-refractivity contribution is 5.45. The number of aryl methyl sites for hydroxylation is 1. The Morgan fingerprint density at radius 2 is 2.21 bits per heavy atom. The molecule has 0 aromatic heterocycles. The third kappa shape index (κ3) is 3.44. The van der Waals surface area contributed by atoms with Crippen molar-refractivity contribution < 1.29 is 9.47 Å². The highest BCUT2D eigenvalue weighted by Crippen LogP contribution is 2.38. The van der Waals surface area contributed by atoms with E-state index in [-0.39, 0.29) is 11.7 Å². The maximum atomic E-state index is 6.03. The van der Waals surface area contributed by atoms with Gasteiger partial charge in [0.05, 0.1) is 6.61 Å². The van der Waals surface area contributed by atoms with Crippen molar-refractivity contribution in [1.29, 1.82) is 0 Å². The zero-order chi connectivity index (χ0) is 16.4. The lowest BCUT2D eigenvalue weighted by atomic mass is 9.76. The van der Waals surface area contributed by atoms with Gasteiger partial charge in [-0.05, 0) is 62.3 Å². The van der Waals surface area contributed by atoms with Crippen LogP contribution in [0.3, 0.4) is 0 Å². The van der Waals surface area contributed by atoms with Crippen LogP contribution in [0.1, 0.15) is 54.7 Å². The van der Waals surface area contributed by atoms with E-state index in [0.29, 0.717) is 5.92 Å². The maximum absolute atomic E-state index is 6.03. The molecule has 0 amide bonds. The molecule has 2 aliphatic heterocycles. The summed E-state index contributed by atoms with van der Waals surface area (Å²) in [5.74, 6) is 0.587. The van der Waals surface area contributed by atoms with Gasteiger partial charge in [-0.2, -0.15) is 0 Å². The van der Waals surface area contributed by atoms with Crippen molar-refractivity contribution in [3.63, 3.8) is 0 Å². The molecule has 2 atom stereocenters. The summed E-state index contributed by atoms with van der Waals surface area (Å²) in [7, 11) is 0. The second-order valence-corrected chi connectivity index (χ2v) is 7.61. The van der Waals surface area contributed by atoms with Gasteiger partial charge in [-0.3, -0.25) is 0 Å². The minimum absolute atomic E-state index is 0.0233. The van der Waals surface area contributed by atoms with E-state index in [2.05, 4.69) is 42.6 Å². The smallest absolute Gasteiger partial charge is 0.157 e. The first kappa shape index (κ1) is 16.3. The number of allylic oxidation sites excluding steroid dienone is 2. The quantitative estimate of drug-likeness (QED) is 0.806. The summed E-state index contributed by atoms with van der Waals surface area (Å²) in [5, 5.41) is 3.57. The van der Waals surface area contributed by atoms with Crippen molar-refractivity contribution in [3.8, 4) is 0 Å². The number of rotatable bonds is 6. The van der Waals surface area contributed by atoms with E-state index in [1.54, 1.807) is 0 Å². The van der Waals surface area contributed by atoms with Crippen molar-refractivity contribution in [1.82, 2.24) is 5.32 Å². The van der Waals surface area contributed by atoms with E-state index in [9.17, 15) is 0 Å². The Kier molecular flexibility index (Phi) is 4.75. The van der Waals surface area contributed by atoms with Crippen LogP contribution in [0.5, 0.6) is 0 Å². The Labute approximate surface area is 145 Å². The molecule has 24 heavy (non-hydrogen) atoms. The first-order chi connectivity index (χ1) is 11.8. The van der Waals surface area contributed by atoms with Crippen LogP contribution in [0.25, 0.3) is 0 Å². The predicted molar refractivity (Wildman–Crippen MR) is 96.4 cm³/mol. The molecule has 3 aliphatic rings. The predicted octanol–water partition coefficient (Wildman–Crippen LogP) is 3.81. The topological polar surface area (TPSA) is 30.5 Å². The van der Waals surface area contributed by atoms with Crippen molar-refractivity contribution in [2.75, 3.05) is 26.3 Å². The molecule has 0 saturated carbocycles. The van der Waals surface area contributed by atoms with Gasteiger partial charge in [0.25, 0.3) is 0 Å². The Balaban J connectivity index is 1.43. The standard InChI is InChI=1S/C21H29NO2/c1-16-14-18(7-8-19(16)17-5-6-17)21(9-11-22-15-21)10-13-24-20-4-2-3-12-23-20/h5-8,14,17,20,22H,2-4,9-13,15H2,1H3. The third-order valence-corrected chi connectivity index (χ3v) is 5.89. The fourth-order valence-electron chi connectivity index (χ4n) is 4.22. The van der Waals surface area contributed by atoms with E-state index in [1.165, 1.54) is 36.0 Å². The van der Waals surface area contributed by atoms with E-state index in [0.717, 1.165) is 39.1 Å². The van der Waals surface area contributed by atoms with Gasteiger partial charge < -0.3 is 14.8 Å². The Morgan fingerprint density at radius 3 is 2.88 bits per heavy atom. The molecule has 2 heterocycles. The highest BCUT2D eigenvalue weighted by Gasteiger charge is 2.36. The molecule has 2 fully saturated rings. The van der Waals surface area contributed by atoms with Gasteiger partial charge in [-0.15, -0.1) is 0 Å². The summed E-state index contributed by atoms with van der Waals surface area (Å²) >= 11 is 0. The van der Waals surface area contributed by atoms with Crippen molar-refractivity contribution >= 4 is 0 Å². The van der Waals surface area contributed by atoms with E-state index in [1.807, 2.05) is 0 Å². The van der Waals surface area contributed by atoms with Crippen molar-refractivity contribution in [3.05, 3.63) is 47.0 Å². The molecular weight excluding hydrogens is 298 g/mol. The van der Waals surface area contributed by atoms with E-state index in [4.69, 9.17) is 9.47 Å². The van der Waals surface area contributed by atoms with Gasteiger partial charge in [-0.1, -0.05) is 30.4 Å². The SMILES string of the molecule is Cc1cc(C2(CCOC3CCCCO3)CCNC2)ccc1C1C=C1. The van der Waals surface area contributed by atoms with E-state index < -0.39 is 0 Å². The molecule has 3 heteroatoms. The Hall–Kier alpha value is -1.16.